The molecule has 2 rings (SSSR count). The minimum Gasteiger partial charge on any atom is -0.326 e. The van der Waals surface area contributed by atoms with E-state index in [0.717, 1.165) is 16.8 Å². The van der Waals surface area contributed by atoms with Crippen molar-refractivity contribution in [2.75, 3.05) is 5.32 Å². The van der Waals surface area contributed by atoms with Gasteiger partial charge in [0.2, 0.25) is 5.91 Å². The highest BCUT2D eigenvalue weighted by Crippen LogP contribution is 2.14. The number of para-hydroxylation sites is 1. The van der Waals surface area contributed by atoms with Crippen LogP contribution in [0.5, 0.6) is 0 Å². The highest BCUT2D eigenvalue weighted by Gasteiger charge is 2.00. The van der Waals surface area contributed by atoms with E-state index in [2.05, 4.69) is 5.32 Å². The molecule has 2 nitrogen and oxygen atoms in total. The predicted molar refractivity (Wildman–Crippen MR) is 79.8 cm³/mol. The van der Waals surface area contributed by atoms with Crippen LogP contribution in [0.3, 0.4) is 0 Å². The normalized spacial score (nSPS) is 11.1. The standard InChI is InChI=1S/C17H17NO/c1-14(15-8-4-2-5-9-15)12-13-17(19)18-16-10-6-3-7-11-16/h2-12H,13H2,1H3,(H,18,19)/b14-12-. The molecule has 0 radical (unpaired) electrons. The average molecular weight is 251 g/mol. The summed E-state index contributed by atoms with van der Waals surface area (Å²) in [5.74, 6) is 0.00137. The highest BCUT2D eigenvalue weighted by molar-refractivity contribution is 5.92. The van der Waals surface area contributed by atoms with Gasteiger partial charge in [-0.25, -0.2) is 0 Å². The monoisotopic (exact) mass is 251 g/mol. The quantitative estimate of drug-likeness (QED) is 0.870. The van der Waals surface area contributed by atoms with Gasteiger partial charge in [0, 0.05) is 12.1 Å². The Morgan fingerprint density at radius 2 is 1.58 bits per heavy atom. The first-order valence-corrected chi connectivity index (χ1v) is 6.33. The van der Waals surface area contributed by atoms with Crippen molar-refractivity contribution in [1.29, 1.82) is 0 Å². The van der Waals surface area contributed by atoms with Crippen molar-refractivity contribution in [3.63, 3.8) is 0 Å². The third-order valence-corrected chi connectivity index (χ3v) is 2.88. The van der Waals surface area contributed by atoms with E-state index in [0.29, 0.717) is 6.42 Å². The van der Waals surface area contributed by atoms with E-state index in [1.165, 1.54) is 0 Å². The number of amides is 1. The molecule has 0 atom stereocenters. The lowest BCUT2D eigenvalue weighted by Crippen LogP contribution is -2.09. The van der Waals surface area contributed by atoms with Crippen LogP contribution >= 0.6 is 0 Å². The van der Waals surface area contributed by atoms with E-state index in [1.807, 2.05) is 73.7 Å². The molecule has 0 heterocycles. The van der Waals surface area contributed by atoms with E-state index >= 15 is 0 Å². The molecule has 96 valence electrons. The van der Waals surface area contributed by atoms with E-state index in [4.69, 9.17) is 0 Å². The van der Waals surface area contributed by atoms with Gasteiger partial charge in [0.25, 0.3) is 0 Å². The second-order valence-electron chi connectivity index (χ2n) is 4.37. The summed E-state index contributed by atoms with van der Waals surface area (Å²) >= 11 is 0. The van der Waals surface area contributed by atoms with E-state index in [9.17, 15) is 4.79 Å². The van der Waals surface area contributed by atoms with Crippen LogP contribution in [0, 0.1) is 0 Å². The predicted octanol–water partition coefficient (Wildman–Crippen LogP) is 4.12. The lowest BCUT2D eigenvalue weighted by Gasteiger charge is -2.04. The van der Waals surface area contributed by atoms with Crippen LogP contribution in [-0.4, -0.2) is 5.91 Å². The minimum atomic E-state index is 0.00137. The van der Waals surface area contributed by atoms with Gasteiger partial charge in [-0.3, -0.25) is 4.79 Å². The van der Waals surface area contributed by atoms with Crippen molar-refractivity contribution in [3.05, 3.63) is 72.3 Å². The molecule has 0 spiro atoms. The fourth-order valence-corrected chi connectivity index (χ4v) is 1.80. The van der Waals surface area contributed by atoms with Gasteiger partial charge in [-0.05, 0) is 30.2 Å². The Bertz CT molecular complexity index is 558. The minimum absolute atomic E-state index is 0.00137. The molecule has 0 unspecified atom stereocenters. The van der Waals surface area contributed by atoms with E-state index < -0.39 is 0 Å². The lowest BCUT2D eigenvalue weighted by molar-refractivity contribution is -0.115. The molecule has 1 amide bonds. The summed E-state index contributed by atoms with van der Waals surface area (Å²) in [5.41, 5.74) is 3.09. The zero-order valence-corrected chi connectivity index (χ0v) is 11.0. The van der Waals surface area contributed by atoms with Crippen molar-refractivity contribution >= 4 is 17.2 Å². The maximum atomic E-state index is 11.8. The van der Waals surface area contributed by atoms with Crippen LogP contribution in [0.25, 0.3) is 5.57 Å². The van der Waals surface area contributed by atoms with E-state index in [-0.39, 0.29) is 5.91 Å². The molecule has 0 saturated carbocycles. The summed E-state index contributed by atoms with van der Waals surface area (Å²) in [6.45, 7) is 2.02. The second kappa shape index (κ2) is 6.55. The zero-order valence-electron chi connectivity index (χ0n) is 11.0. The molecular weight excluding hydrogens is 234 g/mol. The summed E-state index contributed by atoms with van der Waals surface area (Å²) in [7, 11) is 0. The number of nitrogens with one attached hydrogen (secondary N) is 1. The van der Waals surface area contributed by atoms with Gasteiger partial charge in [-0.2, -0.15) is 0 Å². The Morgan fingerprint density at radius 3 is 2.21 bits per heavy atom. The van der Waals surface area contributed by atoms with Gasteiger partial charge in [-0.1, -0.05) is 54.6 Å². The highest BCUT2D eigenvalue weighted by atomic mass is 16.1. The molecular formula is C17H17NO. The van der Waals surface area contributed by atoms with Gasteiger partial charge in [0.1, 0.15) is 0 Å². The molecule has 0 saturated heterocycles. The largest absolute Gasteiger partial charge is 0.326 e. The second-order valence-corrected chi connectivity index (χ2v) is 4.37. The summed E-state index contributed by atoms with van der Waals surface area (Å²) in [4.78, 5) is 11.8. The lowest BCUT2D eigenvalue weighted by atomic mass is 10.1. The Balaban J connectivity index is 1.93. The van der Waals surface area contributed by atoms with Crippen molar-refractivity contribution in [3.8, 4) is 0 Å². The Labute approximate surface area is 113 Å². The number of carbonyl (C=O) groups excluding carboxylic acids is 1. The first-order chi connectivity index (χ1) is 9.25. The van der Waals surface area contributed by atoms with Crippen molar-refractivity contribution in [1.82, 2.24) is 0 Å². The van der Waals surface area contributed by atoms with Gasteiger partial charge in [0.15, 0.2) is 0 Å². The van der Waals surface area contributed by atoms with Crippen LogP contribution in [0.1, 0.15) is 18.9 Å². The molecule has 0 aliphatic rings. The summed E-state index contributed by atoms with van der Waals surface area (Å²) in [5, 5.41) is 2.87. The van der Waals surface area contributed by atoms with Gasteiger partial charge >= 0.3 is 0 Å². The Morgan fingerprint density at radius 1 is 1.00 bits per heavy atom. The molecule has 0 aliphatic carbocycles. The molecule has 0 aliphatic heterocycles. The zero-order chi connectivity index (χ0) is 13.5. The molecule has 0 fully saturated rings. The van der Waals surface area contributed by atoms with Crippen LogP contribution < -0.4 is 5.32 Å². The van der Waals surface area contributed by atoms with E-state index in [1.54, 1.807) is 0 Å². The maximum absolute atomic E-state index is 11.8. The first-order valence-electron chi connectivity index (χ1n) is 6.33. The molecule has 2 heteroatoms. The fourth-order valence-electron chi connectivity index (χ4n) is 1.80. The molecule has 19 heavy (non-hydrogen) atoms. The number of hydrogen-bond donors (Lipinski definition) is 1. The molecule has 0 bridgehead atoms. The van der Waals surface area contributed by atoms with Gasteiger partial charge in [-0.15, -0.1) is 0 Å². The number of anilines is 1. The summed E-state index contributed by atoms with van der Waals surface area (Å²) in [6, 6.07) is 19.6. The fraction of sp³-hybridized carbons (Fsp3) is 0.118. The van der Waals surface area contributed by atoms with Gasteiger partial charge in [0.05, 0.1) is 0 Å². The summed E-state index contributed by atoms with van der Waals surface area (Å²) in [6.07, 6.45) is 2.34. The number of allylic oxidation sites excluding steroid dienone is 1. The molecule has 2 aromatic rings. The number of rotatable bonds is 4. The molecule has 2 aromatic carbocycles. The summed E-state index contributed by atoms with van der Waals surface area (Å²) < 4.78 is 0. The van der Waals surface area contributed by atoms with Gasteiger partial charge < -0.3 is 5.32 Å². The third-order valence-electron chi connectivity index (χ3n) is 2.88. The molecule has 1 N–H and O–H groups in total. The average Bonchev–Trinajstić information content (AvgIpc) is 2.47. The third kappa shape index (κ3) is 4.11. The number of benzene rings is 2. The Kier molecular flexibility index (Phi) is 4.51. The molecule has 0 aromatic heterocycles. The number of hydrogen-bond acceptors (Lipinski definition) is 1. The van der Waals surface area contributed by atoms with Crippen LogP contribution in [0.15, 0.2) is 66.7 Å². The van der Waals surface area contributed by atoms with Crippen LogP contribution in [0.2, 0.25) is 0 Å². The SMILES string of the molecule is C/C(=C/CC(=O)Nc1ccccc1)c1ccccc1. The van der Waals surface area contributed by atoms with Crippen LogP contribution in [-0.2, 0) is 4.79 Å². The Hall–Kier alpha value is -2.35. The smallest absolute Gasteiger partial charge is 0.228 e. The maximum Gasteiger partial charge on any atom is 0.228 e. The topological polar surface area (TPSA) is 29.1 Å². The first kappa shape index (κ1) is 13.1. The van der Waals surface area contributed by atoms with Crippen molar-refractivity contribution in [2.45, 2.75) is 13.3 Å². The van der Waals surface area contributed by atoms with Crippen molar-refractivity contribution < 1.29 is 4.79 Å². The number of carbonyl (C=O) groups is 1. The van der Waals surface area contributed by atoms with Crippen molar-refractivity contribution in [2.24, 2.45) is 0 Å². The van der Waals surface area contributed by atoms with Crippen LogP contribution in [0.4, 0.5) is 5.69 Å².